The highest BCUT2D eigenvalue weighted by Crippen LogP contribution is 2.28. The fraction of sp³-hybridized carbons (Fsp3) is 0.838. The Morgan fingerprint density at radius 3 is 1.82 bits per heavy atom. The van der Waals surface area contributed by atoms with Crippen molar-refractivity contribution >= 4 is 35.6 Å². The highest BCUT2D eigenvalue weighted by Gasteiger charge is 2.46. The van der Waals surface area contributed by atoms with Gasteiger partial charge in [0.25, 0.3) is 5.91 Å². The molecule has 0 aromatic carbocycles. The minimum atomic E-state index is -1.18. The first-order valence-corrected chi connectivity index (χ1v) is 18.5. The molecular formula is C37H64N4O8. The third-order valence-electron chi connectivity index (χ3n) is 10.3. The monoisotopic (exact) mass is 692 g/mol. The van der Waals surface area contributed by atoms with Gasteiger partial charge in [0.2, 0.25) is 17.7 Å². The standard InChI is InChI=1S/C37H64N4O8/c1-13-15-16-19-27-25(10)32(42)38-28(21(3)4)34(44)40(12)30(23(7)8)37(47)49-31(24(9)14-2)35(45)41-20-17-18-26(41)33(43)39(11)29(22(5)6)36(46)48-27/h21-31H,13-20H2,1-12H3,(H,38,42)/t24-,25-,26-,27+,28-,29-,30-,31-/m0/s1. The summed E-state index contributed by atoms with van der Waals surface area (Å²) in [5.74, 6) is -5.36. The molecule has 0 spiro atoms. The number of nitrogens with one attached hydrogen (secondary N) is 1. The lowest BCUT2D eigenvalue weighted by Crippen LogP contribution is -2.58. The molecule has 2 heterocycles. The molecule has 0 aliphatic carbocycles. The van der Waals surface area contributed by atoms with Crippen LogP contribution in [0.5, 0.6) is 0 Å². The summed E-state index contributed by atoms with van der Waals surface area (Å²) in [5, 5.41) is 2.89. The van der Waals surface area contributed by atoms with Gasteiger partial charge in [-0.3, -0.25) is 19.2 Å². The summed E-state index contributed by atoms with van der Waals surface area (Å²) in [6.45, 7) is 18.6. The number of rotatable bonds is 9. The number of esters is 2. The van der Waals surface area contributed by atoms with Gasteiger partial charge in [0.05, 0.1) is 5.92 Å². The van der Waals surface area contributed by atoms with Crippen LogP contribution in [0.3, 0.4) is 0 Å². The van der Waals surface area contributed by atoms with E-state index in [1.807, 2.05) is 41.5 Å². The van der Waals surface area contributed by atoms with Gasteiger partial charge in [-0.2, -0.15) is 0 Å². The van der Waals surface area contributed by atoms with Crippen LogP contribution < -0.4 is 5.32 Å². The number of hydrogen-bond acceptors (Lipinski definition) is 8. The van der Waals surface area contributed by atoms with Gasteiger partial charge in [0, 0.05) is 26.6 Å². The lowest BCUT2D eigenvalue weighted by molar-refractivity contribution is -0.172. The van der Waals surface area contributed by atoms with Crippen LogP contribution in [0.4, 0.5) is 0 Å². The summed E-state index contributed by atoms with van der Waals surface area (Å²) in [4.78, 5) is 88.2. The maximum atomic E-state index is 14.2. The summed E-state index contributed by atoms with van der Waals surface area (Å²) in [6, 6.07) is -3.83. The Labute approximate surface area is 294 Å². The zero-order valence-electron chi connectivity index (χ0n) is 32.1. The summed E-state index contributed by atoms with van der Waals surface area (Å²) in [7, 11) is 3.06. The van der Waals surface area contributed by atoms with Gasteiger partial charge in [-0.15, -0.1) is 0 Å². The Hall–Kier alpha value is -3.18. The topological polar surface area (TPSA) is 143 Å². The molecule has 0 bridgehead atoms. The second kappa shape index (κ2) is 18.7. The van der Waals surface area contributed by atoms with Crippen LogP contribution in [-0.2, 0) is 38.2 Å². The van der Waals surface area contributed by atoms with Crippen molar-refractivity contribution in [2.45, 2.75) is 151 Å². The number of carbonyl (C=O) groups excluding carboxylic acids is 6. The number of likely N-dealkylation sites (N-methyl/N-ethyl adjacent to an activating group) is 2. The van der Waals surface area contributed by atoms with Crippen LogP contribution in [0, 0.1) is 29.6 Å². The van der Waals surface area contributed by atoms with Crippen LogP contribution >= 0.6 is 0 Å². The molecule has 0 radical (unpaired) electrons. The molecule has 2 saturated heterocycles. The number of unbranched alkanes of at least 4 members (excludes halogenated alkanes) is 2. The number of amides is 4. The predicted octanol–water partition coefficient (Wildman–Crippen LogP) is 4.18. The first-order chi connectivity index (χ1) is 22.9. The van der Waals surface area contributed by atoms with Gasteiger partial charge in [0.1, 0.15) is 30.3 Å². The van der Waals surface area contributed by atoms with E-state index in [1.54, 1.807) is 27.8 Å². The number of hydrogen-bond donors (Lipinski definition) is 1. The van der Waals surface area contributed by atoms with E-state index in [-0.39, 0.29) is 23.7 Å². The highest BCUT2D eigenvalue weighted by molar-refractivity contribution is 5.95. The van der Waals surface area contributed by atoms with Gasteiger partial charge in [-0.1, -0.05) is 82.1 Å². The second-order valence-corrected chi connectivity index (χ2v) is 15.2. The van der Waals surface area contributed by atoms with Gasteiger partial charge >= 0.3 is 11.9 Å². The van der Waals surface area contributed by atoms with E-state index >= 15 is 0 Å². The molecule has 49 heavy (non-hydrogen) atoms. The minimum absolute atomic E-state index is 0.303. The third-order valence-corrected chi connectivity index (χ3v) is 10.3. The molecule has 0 aromatic heterocycles. The van der Waals surface area contributed by atoms with Crippen LogP contribution in [0.25, 0.3) is 0 Å². The van der Waals surface area contributed by atoms with E-state index in [1.165, 1.54) is 21.7 Å². The van der Waals surface area contributed by atoms with Crippen molar-refractivity contribution in [2.24, 2.45) is 29.6 Å². The Kier molecular flexibility index (Phi) is 16.0. The molecule has 0 aromatic rings. The fourth-order valence-electron chi connectivity index (χ4n) is 6.95. The minimum Gasteiger partial charge on any atom is -0.460 e. The van der Waals surface area contributed by atoms with Crippen molar-refractivity contribution in [3.8, 4) is 0 Å². The summed E-state index contributed by atoms with van der Waals surface area (Å²) < 4.78 is 12.1. The number of cyclic esters (lactones) is 2. The fourth-order valence-corrected chi connectivity index (χ4v) is 6.95. The largest absolute Gasteiger partial charge is 0.460 e. The summed E-state index contributed by atoms with van der Waals surface area (Å²) >= 11 is 0. The van der Waals surface area contributed by atoms with Crippen LogP contribution in [0.15, 0.2) is 0 Å². The molecule has 8 atom stereocenters. The first kappa shape index (κ1) is 42.0. The third kappa shape index (κ3) is 10.2. The predicted molar refractivity (Wildman–Crippen MR) is 187 cm³/mol. The number of fused-ring (bicyclic) bond motifs is 1. The molecule has 280 valence electrons. The van der Waals surface area contributed by atoms with Gasteiger partial charge in [-0.05, 0) is 49.9 Å². The van der Waals surface area contributed by atoms with Crippen molar-refractivity contribution in [1.29, 1.82) is 0 Å². The van der Waals surface area contributed by atoms with Crippen molar-refractivity contribution in [3.63, 3.8) is 0 Å². The van der Waals surface area contributed by atoms with E-state index in [2.05, 4.69) is 12.2 Å². The molecule has 2 rings (SSSR count). The second-order valence-electron chi connectivity index (χ2n) is 15.2. The molecule has 0 unspecified atom stereocenters. The Morgan fingerprint density at radius 1 is 0.755 bits per heavy atom. The molecule has 12 heteroatoms. The Balaban J connectivity index is 2.73. The maximum absolute atomic E-state index is 14.2. The van der Waals surface area contributed by atoms with Crippen molar-refractivity contribution in [1.82, 2.24) is 20.0 Å². The molecular weight excluding hydrogens is 628 g/mol. The molecule has 4 amide bonds. The molecule has 12 nitrogen and oxygen atoms in total. The van der Waals surface area contributed by atoms with Gasteiger partial charge in [0.15, 0.2) is 6.10 Å². The average Bonchev–Trinajstić information content (AvgIpc) is 3.53. The van der Waals surface area contributed by atoms with Gasteiger partial charge < -0.3 is 29.5 Å². The Morgan fingerprint density at radius 2 is 1.31 bits per heavy atom. The highest BCUT2D eigenvalue weighted by atomic mass is 16.6. The first-order valence-electron chi connectivity index (χ1n) is 18.5. The van der Waals surface area contributed by atoms with Gasteiger partial charge in [-0.25, -0.2) is 9.59 Å². The van der Waals surface area contributed by atoms with E-state index in [4.69, 9.17) is 9.47 Å². The van der Waals surface area contributed by atoms with E-state index in [9.17, 15) is 28.8 Å². The molecule has 0 saturated carbocycles. The number of nitrogens with zero attached hydrogens (tertiary/aromatic N) is 3. The molecule has 2 aliphatic heterocycles. The zero-order valence-corrected chi connectivity index (χ0v) is 32.1. The van der Waals surface area contributed by atoms with Crippen LogP contribution in [0.1, 0.15) is 114 Å². The Bertz CT molecular complexity index is 1170. The van der Waals surface area contributed by atoms with E-state index < -0.39 is 77.9 Å². The smallest absolute Gasteiger partial charge is 0.329 e. The van der Waals surface area contributed by atoms with Crippen molar-refractivity contribution in [2.75, 3.05) is 20.6 Å². The number of ether oxygens (including phenoxy) is 2. The lowest BCUT2D eigenvalue weighted by Gasteiger charge is -2.37. The normalized spacial score (nSPS) is 29.4. The summed E-state index contributed by atoms with van der Waals surface area (Å²) in [6.07, 6.45) is 2.47. The van der Waals surface area contributed by atoms with Crippen LogP contribution in [0.2, 0.25) is 0 Å². The maximum Gasteiger partial charge on any atom is 0.329 e. The van der Waals surface area contributed by atoms with Crippen LogP contribution in [-0.4, -0.2) is 107 Å². The SMILES string of the molecule is CCCCC[C@H]1OC(=O)[C@H](C(C)C)N(C)C(=O)[C@@H]2CCCN2C(=O)[C@H]([C@@H](C)CC)OC(=O)[C@H](C(C)C)N(C)C(=O)[C@H](C(C)C)NC(=O)[C@H]1C. The molecule has 2 aliphatic rings. The zero-order chi connectivity index (χ0) is 37.3. The molecule has 2 fully saturated rings. The average molecular weight is 693 g/mol. The van der Waals surface area contributed by atoms with Crippen molar-refractivity contribution < 1.29 is 38.2 Å². The molecule has 1 N–H and O–H groups in total. The number of carbonyl (C=O) groups is 6. The van der Waals surface area contributed by atoms with E-state index in [0.29, 0.717) is 32.2 Å². The quantitative estimate of drug-likeness (QED) is 0.280. The van der Waals surface area contributed by atoms with E-state index in [0.717, 1.165) is 19.3 Å². The van der Waals surface area contributed by atoms with Crippen molar-refractivity contribution in [3.05, 3.63) is 0 Å². The lowest BCUT2D eigenvalue weighted by atomic mass is 9.94. The summed E-state index contributed by atoms with van der Waals surface area (Å²) in [5.41, 5.74) is 0.